The van der Waals surface area contributed by atoms with Crippen molar-refractivity contribution in [3.63, 3.8) is 0 Å². The Morgan fingerprint density at radius 1 is 1.39 bits per heavy atom. The summed E-state index contributed by atoms with van der Waals surface area (Å²) in [6, 6.07) is 3.94. The van der Waals surface area contributed by atoms with Crippen molar-refractivity contribution in [2.24, 2.45) is 5.92 Å². The lowest BCUT2D eigenvalue weighted by atomic mass is 9.80. The molecule has 0 saturated heterocycles. The lowest BCUT2D eigenvalue weighted by Gasteiger charge is -2.32. The first kappa shape index (κ1) is 13.0. The standard InChI is InChI=1S/C12H11BrFNO3/c13-7-1-2-10(14)9(5-7)11(16)15-8-3-6(4-8)12(17)18/h1-2,5-6,8H,3-4H2,(H,15,16)(H,17,18). The van der Waals surface area contributed by atoms with Gasteiger partial charge in [0.2, 0.25) is 0 Å². The number of hydrogen-bond donors (Lipinski definition) is 2. The van der Waals surface area contributed by atoms with Crippen molar-refractivity contribution in [2.75, 3.05) is 0 Å². The lowest BCUT2D eigenvalue weighted by Crippen LogP contribution is -2.46. The molecule has 0 aromatic heterocycles. The summed E-state index contributed by atoms with van der Waals surface area (Å²) < 4.78 is 14.0. The Kier molecular flexibility index (Phi) is 3.65. The number of hydrogen-bond acceptors (Lipinski definition) is 2. The number of amides is 1. The summed E-state index contributed by atoms with van der Waals surface area (Å²) in [4.78, 5) is 22.4. The Morgan fingerprint density at radius 3 is 2.67 bits per heavy atom. The van der Waals surface area contributed by atoms with Crippen molar-refractivity contribution >= 4 is 27.8 Å². The van der Waals surface area contributed by atoms with Crippen molar-refractivity contribution in [3.8, 4) is 0 Å². The van der Waals surface area contributed by atoms with Crippen molar-refractivity contribution in [1.29, 1.82) is 0 Å². The molecule has 0 heterocycles. The van der Waals surface area contributed by atoms with Gasteiger partial charge in [0.1, 0.15) is 5.82 Å². The number of rotatable bonds is 3. The van der Waals surface area contributed by atoms with Gasteiger partial charge in [0, 0.05) is 10.5 Å². The van der Waals surface area contributed by atoms with E-state index in [4.69, 9.17) is 5.11 Å². The minimum Gasteiger partial charge on any atom is -0.481 e. The van der Waals surface area contributed by atoms with Crippen LogP contribution < -0.4 is 5.32 Å². The molecule has 2 rings (SSSR count). The molecule has 1 aromatic carbocycles. The van der Waals surface area contributed by atoms with Crippen LogP contribution in [0.3, 0.4) is 0 Å². The van der Waals surface area contributed by atoms with E-state index in [0.29, 0.717) is 17.3 Å². The summed E-state index contributed by atoms with van der Waals surface area (Å²) in [5.74, 6) is -2.36. The molecule has 1 aliphatic rings. The van der Waals surface area contributed by atoms with E-state index >= 15 is 0 Å². The normalized spacial score (nSPS) is 22.1. The third-order valence-corrected chi connectivity index (χ3v) is 3.49. The van der Waals surface area contributed by atoms with Gasteiger partial charge in [-0.2, -0.15) is 0 Å². The molecule has 0 aliphatic heterocycles. The van der Waals surface area contributed by atoms with Crippen molar-refractivity contribution in [1.82, 2.24) is 5.32 Å². The highest BCUT2D eigenvalue weighted by Crippen LogP contribution is 2.28. The Morgan fingerprint density at radius 2 is 2.06 bits per heavy atom. The number of carboxylic acids is 1. The van der Waals surface area contributed by atoms with E-state index < -0.39 is 23.6 Å². The molecule has 1 aliphatic carbocycles. The molecule has 18 heavy (non-hydrogen) atoms. The predicted octanol–water partition coefficient (Wildman–Crippen LogP) is 2.18. The van der Waals surface area contributed by atoms with E-state index in [-0.39, 0.29) is 11.6 Å². The van der Waals surface area contributed by atoms with E-state index in [1.807, 2.05) is 0 Å². The predicted molar refractivity (Wildman–Crippen MR) is 65.7 cm³/mol. The van der Waals surface area contributed by atoms with Crippen LogP contribution in [0.2, 0.25) is 0 Å². The molecule has 1 fully saturated rings. The van der Waals surface area contributed by atoms with Gasteiger partial charge in [0.15, 0.2) is 0 Å². The summed E-state index contributed by atoms with van der Waals surface area (Å²) in [6.07, 6.45) is 0.799. The number of carbonyl (C=O) groups is 2. The fraction of sp³-hybridized carbons (Fsp3) is 0.333. The van der Waals surface area contributed by atoms with Gasteiger partial charge in [-0.25, -0.2) is 4.39 Å². The molecular formula is C12H11BrFNO3. The molecule has 1 amide bonds. The van der Waals surface area contributed by atoms with Crippen molar-refractivity contribution in [2.45, 2.75) is 18.9 Å². The highest BCUT2D eigenvalue weighted by molar-refractivity contribution is 9.10. The second-order valence-corrected chi connectivity index (χ2v) is 5.22. The first-order valence-electron chi connectivity index (χ1n) is 5.46. The maximum atomic E-state index is 13.4. The highest BCUT2D eigenvalue weighted by Gasteiger charge is 2.35. The number of carbonyl (C=O) groups excluding carboxylic acids is 1. The third kappa shape index (κ3) is 2.69. The van der Waals surface area contributed by atoms with Crippen molar-refractivity contribution < 1.29 is 19.1 Å². The zero-order chi connectivity index (χ0) is 13.3. The molecule has 0 spiro atoms. The van der Waals surface area contributed by atoms with Crippen LogP contribution in [-0.4, -0.2) is 23.0 Å². The van der Waals surface area contributed by atoms with Gasteiger partial charge < -0.3 is 10.4 Å². The molecule has 6 heteroatoms. The summed E-state index contributed by atoms with van der Waals surface area (Å²) in [6.45, 7) is 0. The monoisotopic (exact) mass is 315 g/mol. The van der Waals surface area contributed by atoms with E-state index in [0.717, 1.165) is 0 Å². The van der Waals surface area contributed by atoms with Crippen LogP contribution in [0.25, 0.3) is 0 Å². The van der Waals surface area contributed by atoms with Gasteiger partial charge in [-0.3, -0.25) is 9.59 Å². The van der Waals surface area contributed by atoms with E-state index in [2.05, 4.69) is 21.2 Å². The second-order valence-electron chi connectivity index (χ2n) is 4.30. The minimum absolute atomic E-state index is 0.0387. The van der Waals surface area contributed by atoms with E-state index in [1.54, 1.807) is 0 Å². The van der Waals surface area contributed by atoms with E-state index in [9.17, 15) is 14.0 Å². The Bertz CT molecular complexity index is 500. The summed E-state index contributed by atoms with van der Waals surface area (Å²) >= 11 is 3.17. The molecule has 0 atom stereocenters. The average Bonchev–Trinajstić information content (AvgIpc) is 2.25. The third-order valence-electron chi connectivity index (χ3n) is 3.00. The van der Waals surface area contributed by atoms with Crippen LogP contribution in [0.4, 0.5) is 4.39 Å². The summed E-state index contributed by atoms with van der Waals surface area (Å²) in [5.41, 5.74) is -0.0387. The topological polar surface area (TPSA) is 66.4 Å². The maximum absolute atomic E-state index is 13.4. The number of benzene rings is 1. The van der Waals surface area contributed by atoms with Crippen LogP contribution >= 0.6 is 15.9 Å². The summed E-state index contributed by atoms with van der Waals surface area (Å²) in [7, 11) is 0. The fourth-order valence-electron chi connectivity index (χ4n) is 1.87. The molecule has 4 nitrogen and oxygen atoms in total. The molecule has 0 radical (unpaired) electrons. The van der Waals surface area contributed by atoms with Crippen LogP contribution in [0.1, 0.15) is 23.2 Å². The molecule has 2 N–H and O–H groups in total. The van der Waals surface area contributed by atoms with Crippen LogP contribution in [-0.2, 0) is 4.79 Å². The number of nitrogens with one attached hydrogen (secondary N) is 1. The van der Waals surface area contributed by atoms with Crippen LogP contribution in [0.15, 0.2) is 22.7 Å². The quantitative estimate of drug-likeness (QED) is 0.898. The molecule has 1 saturated carbocycles. The zero-order valence-corrected chi connectivity index (χ0v) is 10.9. The second kappa shape index (κ2) is 5.06. The Hall–Kier alpha value is -1.43. The Balaban J connectivity index is 1.97. The van der Waals surface area contributed by atoms with Crippen molar-refractivity contribution in [3.05, 3.63) is 34.1 Å². The average molecular weight is 316 g/mol. The smallest absolute Gasteiger partial charge is 0.306 e. The molecule has 0 unspecified atom stereocenters. The minimum atomic E-state index is -0.853. The molecule has 1 aromatic rings. The van der Waals surface area contributed by atoms with Gasteiger partial charge in [0.25, 0.3) is 5.91 Å². The van der Waals surface area contributed by atoms with Crippen LogP contribution in [0, 0.1) is 11.7 Å². The first-order valence-corrected chi connectivity index (χ1v) is 6.25. The Labute approximate surface area is 111 Å². The summed E-state index contributed by atoms with van der Waals surface area (Å²) in [5, 5.41) is 11.3. The first-order chi connectivity index (χ1) is 8.47. The van der Waals surface area contributed by atoms with Gasteiger partial charge in [-0.15, -0.1) is 0 Å². The van der Waals surface area contributed by atoms with Gasteiger partial charge >= 0.3 is 5.97 Å². The number of halogens is 2. The van der Waals surface area contributed by atoms with E-state index in [1.165, 1.54) is 18.2 Å². The zero-order valence-electron chi connectivity index (χ0n) is 9.32. The highest BCUT2D eigenvalue weighted by atomic mass is 79.9. The number of carboxylic acid groups (broad SMARTS) is 1. The van der Waals surface area contributed by atoms with Gasteiger partial charge in [0.05, 0.1) is 11.5 Å². The SMILES string of the molecule is O=C(NC1CC(C(=O)O)C1)c1cc(Br)ccc1F. The number of aliphatic carboxylic acids is 1. The van der Waals surface area contributed by atoms with Crippen LogP contribution in [0.5, 0.6) is 0 Å². The lowest BCUT2D eigenvalue weighted by molar-refractivity contribution is -0.145. The largest absolute Gasteiger partial charge is 0.481 e. The maximum Gasteiger partial charge on any atom is 0.306 e. The molecule has 96 valence electrons. The van der Waals surface area contributed by atoms with Gasteiger partial charge in [-0.1, -0.05) is 15.9 Å². The van der Waals surface area contributed by atoms with Gasteiger partial charge in [-0.05, 0) is 31.0 Å². The molecule has 0 bridgehead atoms. The fourth-order valence-corrected chi connectivity index (χ4v) is 2.23. The molecular weight excluding hydrogens is 305 g/mol.